The number of aliphatic imine (C=N–C) groups is 1. The maximum Gasteiger partial charge on any atom is 0.238 e. The molecule has 2 aliphatic rings. The Kier molecular flexibility index (Phi) is 3.20. The van der Waals surface area contributed by atoms with E-state index in [1.165, 1.54) is 12.1 Å². The molecule has 0 fully saturated rings. The van der Waals surface area contributed by atoms with Gasteiger partial charge in [0, 0.05) is 16.8 Å². The van der Waals surface area contributed by atoms with Gasteiger partial charge in [-0.05, 0) is 35.4 Å². The average molecular weight is 355 g/mol. The van der Waals surface area contributed by atoms with E-state index in [1.807, 2.05) is 38.1 Å². The Morgan fingerprint density at radius 1 is 1.16 bits per heavy atom. The van der Waals surface area contributed by atoms with Crippen molar-refractivity contribution in [2.24, 2.45) is 10.1 Å². The highest BCUT2D eigenvalue weighted by atomic mass is 32.2. The number of carbonyl (C=O) groups excluding carboxylic acids is 1. The Labute approximate surface area is 145 Å². The predicted octanol–water partition coefficient (Wildman–Crippen LogP) is 2.43. The number of nitrogens with one attached hydrogen (secondary N) is 1. The molecule has 2 aliphatic heterocycles. The van der Waals surface area contributed by atoms with Gasteiger partial charge in [0.1, 0.15) is 5.92 Å². The summed E-state index contributed by atoms with van der Waals surface area (Å²) in [5, 5.41) is 8.06. The van der Waals surface area contributed by atoms with E-state index >= 15 is 0 Å². The smallest absolute Gasteiger partial charge is 0.238 e. The first-order valence-electron chi connectivity index (χ1n) is 7.86. The van der Waals surface area contributed by atoms with Crippen LogP contribution >= 0.6 is 0 Å². The van der Waals surface area contributed by atoms with Gasteiger partial charge in [0.15, 0.2) is 0 Å². The van der Waals surface area contributed by atoms with E-state index in [0.29, 0.717) is 17.0 Å². The van der Waals surface area contributed by atoms with Crippen LogP contribution < -0.4 is 10.5 Å². The second-order valence-corrected chi connectivity index (χ2v) is 8.42. The molecule has 1 atom stereocenters. The molecule has 1 amide bonds. The number of para-hydroxylation sites is 1. The van der Waals surface area contributed by atoms with E-state index < -0.39 is 21.4 Å². The molecule has 0 saturated heterocycles. The number of sulfonamides is 1. The zero-order chi connectivity index (χ0) is 18.0. The van der Waals surface area contributed by atoms with E-state index in [1.54, 1.807) is 6.07 Å². The highest BCUT2D eigenvalue weighted by Crippen LogP contribution is 2.47. The molecule has 128 valence electrons. The molecule has 0 radical (unpaired) electrons. The summed E-state index contributed by atoms with van der Waals surface area (Å²) in [4.78, 5) is 17.3. The lowest BCUT2D eigenvalue weighted by atomic mass is 9.75. The SMILES string of the molecule is CC1(C)C(C2C(=O)Nc3ccc(S(N)(=O)=O)cc32)=Nc2ccccc21. The van der Waals surface area contributed by atoms with Crippen molar-refractivity contribution in [1.29, 1.82) is 0 Å². The van der Waals surface area contributed by atoms with Crippen molar-refractivity contribution in [3.05, 3.63) is 53.6 Å². The van der Waals surface area contributed by atoms with E-state index in [-0.39, 0.29) is 10.8 Å². The second-order valence-electron chi connectivity index (χ2n) is 6.86. The Bertz CT molecular complexity index is 1050. The van der Waals surface area contributed by atoms with Gasteiger partial charge in [-0.1, -0.05) is 32.0 Å². The number of nitrogens with two attached hydrogens (primary N) is 1. The number of nitrogens with zero attached hydrogens (tertiary/aromatic N) is 1. The monoisotopic (exact) mass is 355 g/mol. The molecule has 2 aromatic carbocycles. The first kappa shape index (κ1) is 16.0. The zero-order valence-corrected chi connectivity index (χ0v) is 14.6. The molecule has 2 aromatic rings. The molecule has 1 unspecified atom stereocenters. The quantitative estimate of drug-likeness (QED) is 0.865. The third kappa shape index (κ3) is 2.31. The number of rotatable bonds is 2. The Morgan fingerprint density at radius 3 is 2.56 bits per heavy atom. The molecular weight excluding hydrogens is 338 g/mol. The van der Waals surface area contributed by atoms with Gasteiger partial charge in [0.05, 0.1) is 10.6 Å². The van der Waals surface area contributed by atoms with Crippen LogP contribution in [-0.2, 0) is 20.2 Å². The Balaban J connectivity index is 1.88. The minimum Gasteiger partial charge on any atom is -0.325 e. The fraction of sp³-hybridized carbons (Fsp3) is 0.222. The summed E-state index contributed by atoms with van der Waals surface area (Å²) in [5.41, 5.74) is 3.35. The summed E-state index contributed by atoms with van der Waals surface area (Å²) < 4.78 is 23.4. The number of benzene rings is 2. The molecule has 2 heterocycles. The highest BCUT2D eigenvalue weighted by Gasteiger charge is 2.45. The number of primary sulfonamides is 1. The van der Waals surface area contributed by atoms with Gasteiger partial charge in [0.25, 0.3) is 0 Å². The molecule has 0 saturated carbocycles. The van der Waals surface area contributed by atoms with Gasteiger partial charge in [-0.2, -0.15) is 0 Å². The highest BCUT2D eigenvalue weighted by molar-refractivity contribution is 7.89. The van der Waals surface area contributed by atoms with Crippen molar-refractivity contribution < 1.29 is 13.2 Å². The van der Waals surface area contributed by atoms with Crippen molar-refractivity contribution in [1.82, 2.24) is 0 Å². The van der Waals surface area contributed by atoms with Gasteiger partial charge in [0.2, 0.25) is 15.9 Å². The van der Waals surface area contributed by atoms with Crippen molar-refractivity contribution in [3.8, 4) is 0 Å². The normalized spacial score (nSPS) is 20.7. The van der Waals surface area contributed by atoms with Crippen LogP contribution in [0.1, 0.15) is 30.9 Å². The standard InChI is InChI=1S/C18H17N3O3S/c1-18(2)12-5-3-4-6-14(12)20-16(18)15-11-9-10(25(19,23)24)7-8-13(11)21-17(15)22/h3-9,15H,1-2H3,(H,21,22)(H2,19,23,24). The molecule has 0 bridgehead atoms. The number of carbonyl (C=O) groups is 1. The van der Waals surface area contributed by atoms with Crippen LogP contribution in [0.2, 0.25) is 0 Å². The van der Waals surface area contributed by atoms with Crippen LogP contribution in [0.3, 0.4) is 0 Å². The lowest BCUT2D eigenvalue weighted by Crippen LogP contribution is -2.34. The number of hydrogen-bond donors (Lipinski definition) is 2. The van der Waals surface area contributed by atoms with Crippen LogP contribution in [0.25, 0.3) is 0 Å². The number of amides is 1. The zero-order valence-electron chi connectivity index (χ0n) is 13.8. The van der Waals surface area contributed by atoms with Crippen molar-refractivity contribution in [3.63, 3.8) is 0 Å². The molecule has 0 spiro atoms. The number of hydrogen-bond acceptors (Lipinski definition) is 4. The van der Waals surface area contributed by atoms with Gasteiger partial charge < -0.3 is 5.32 Å². The molecule has 6 nitrogen and oxygen atoms in total. The third-order valence-electron chi connectivity index (χ3n) is 4.91. The summed E-state index contributed by atoms with van der Waals surface area (Å²) in [7, 11) is -3.85. The fourth-order valence-electron chi connectivity index (χ4n) is 3.62. The first-order valence-corrected chi connectivity index (χ1v) is 9.40. The van der Waals surface area contributed by atoms with Gasteiger partial charge >= 0.3 is 0 Å². The molecule has 7 heteroatoms. The largest absolute Gasteiger partial charge is 0.325 e. The van der Waals surface area contributed by atoms with Crippen molar-refractivity contribution in [2.75, 3.05) is 5.32 Å². The lowest BCUT2D eigenvalue weighted by Gasteiger charge is -2.25. The van der Waals surface area contributed by atoms with Crippen LogP contribution in [0, 0.1) is 0 Å². The maximum absolute atomic E-state index is 12.6. The minimum atomic E-state index is -3.85. The summed E-state index contributed by atoms with van der Waals surface area (Å²) >= 11 is 0. The van der Waals surface area contributed by atoms with Gasteiger partial charge in [-0.25, -0.2) is 13.6 Å². The van der Waals surface area contributed by atoms with Crippen LogP contribution in [-0.4, -0.2) is 20.0 Å². The summed E-state index contributed by atoms with van der Waals surface area (Å²) in [6.07, 6.45) is 0. The molecular formula is C18H17N3O3S. The average Bonchev–Trinajstić information content (AvgIpc) is 2.99. The number of fused-ring (bicyclic) bond motifs is 2. The van der Waals surface area contributed by atoms with Crippen LogP contribution in [0.15, 0.2) is 52.4 Å². The predicted molar refractivity (Wildman–Crippen MR) is 95.7 cm³/mol. The topological polar surface area (TPSA) is 102 Å². The van der Waals surface area contributed by atoms with Crippen LogP contribution in [0.5, 0.6) is 0 Å². The van der Waals surface area contributed by atoms with Gasteiger partial charge in [-0.3, -0.25) is 9.79 Å². The Hall–Kier alpha value is -2.51. The lowest BCUT2D eigenvalue weighted by molar-refractivity contribution is -0.115. The molecule has 0 aliphatic carbocycles. The van der Waals surface area contributed by atoms with Gasteiger partial charge in [-0.15, -0.1) is 0 Å². The molecule has 0 aromatic heterocycles. The minimum absolute atomic E-state index is 0.0123. The molecule has 4 rings (SSSR count). The van der Waals surface area contributed by atoms with Crippen LogP contribution in [0.4, 0.5) is 11.4 Å². The van der Waals surface area contributed by atoms with Crippen molar-refractivity contribution in [2.45, 2.75) is 30.1 Å². The van der Waals surface area contributed by atoms with E-state index in [0.717, 1.165) is 11.3 Å². The first-order chi connectivity index (χ1) is 11.7. The van der Waals surface area contributed by atoms with Crippen molar-refractivity contribution >= 4 is 33.0 Å². The molecule has 3 N–H and O–H groups in total. The summed E-state index contributed by atoms with van der Waals surface area (Å²) in [5.74, 6) is -0.847. The molecule has 25 heavy (non-hydrogen) atoms. The Morgan fingerprint density at radius 2 is 1.88 bits per heavy atom. The number of anilines is 1. The van der Waals surface area contributed by atoms with E-state index in [2.05, 4.69) is 5.32 Å². The second kappa shape index (κ2) is 5.00. The fourth-order valence-corrected chi connectivity index (χ4v) is 4.17. The summed E-state index contributed by atoms with van der Waals surface area (Å²) in [6, 6.07) is 12.2. The maximum atomic E-state index is 12.6. The van der Waals surface area contributed by atoms with E-state index in [4.69, 9.17) is 10.1 Å². The van der Waals surface area contributed by atoms with E-state index in [9.17, 15) is 13.2 Å². The summed E-state index contributed by atoms with van der Waals surface area (Å²) in [6.45, 7) is 4.04. The third-order valence-corrected chi connectivity index (χ3v) is 5.83.